The van der Waals surface area contributed by atoms with Gasteiger partial charge >= 0.3 is 0 Å². The Bertz CT molecular complexity index is 890. The molecule has 0 saturated heterocycles. The highest BCUT2D eigenvalue weighted by atomic mass is 35.5. The van der Waals surface area contributed by atoms with Crippen molar-refractivity contribution < 1.29 is 13.2 Å². The minimum Gasteiger partial charge on any atom is -0.355 e. The first-order chi connectivity index (χ1) is 13.3. The number of hydrogen-bond acceptors (Lipinski definition) is 3. The zero-order valence-corrected chi connectivity index (χ0v) is 17.9. The number of carbonyl (C=O) groups is 1. The van der Waals surface area contributed by atoms with Crippen molar-refractivity contribution in [2.24, 2.45) is 0 Å². The summed E-state index contributed by atoms with van der Waals surface area (Å²) in [6, 6.07) is 12.5. The summed E-state index contributed by atoms with van der Waals surface area (Å²) in [4.78, 5) is 12.5. The van der Waals surface area contributed by atoms with Crippen molar-refractivity contribution in [1.29, 1.82) is 0 Å². The molecule has 8 heteroatoms. The average molecular weight is 443 g/mol. The molecule has 1 amide bonds. The van der Waals surface area contributed by atoms with Crippen molar-refractivity contribution in [2.75, 3.05) is 6.54 Å². The third kappa shape index (κ3) is 6.78. The van der Waals surface area contributed by atoms with Crippen molar-refractivity contribution in [2.45, 2.75) is 43.5 Å². The van der Waals surface area contributed by atoms with Crippen molar-refractivity contribution in [3.63, 3.8) is 0 Å². The van der Waals surface area contributed by atoms with Gasteiger partial charge in [-0.2, -0.15) is 4.72 Å². The summed E-state index contributed by atoms with van der Waals surface area (Å²) < 4.78 is 28.2. The minimum atomic E-state index is -4.04. The second-order valence-corrected chi connectivity index (χ2v) is 8.96. The summed E-state index contributed by atoms with van der Waals surface area (Å²) in [6.07, 6.45) is 3.09. The smallest absolute Gasteiger partial charge is 0.242 e. The molecule has 0 fully saturated rings. The molecule has 0 heterocycles. The fourth-order valence-electron chi connectivity index (χ4n) is 2.68. The molecule has 0 bridgehead atoms. The topological polar surface area (TPSA) is 75.3 Å². The first-order valence-electron chi connectivity index (χ1n) is 9.12. The number of rotatable bonds is 10. The van der Waals surface area contributed by atoms with Gasteiger partial charge in [-0.1, -0.05) is 73.3 Å². The second kappa shape index (κ2) is 10.8. The third-order valence-electron chi connectivity index (χ3n) is 4.16. The summed E-state index contributed by atoms with van der Waals surface area (Å²) in [5, 5.41) is 3.10. The van der Waals surface area contributed by atoms with Gasteiger partial charge in [0.15, 0.2) is 0 Å². The van der Waals surface area contributed by atoms with Crippen LogP contribution >= 0.6 is 23.2 Å². The van der Waals surface area contributed by atoms with Crippen LogP contribution in [0.3, 0.4) is 0 Å². The lowest BCUT2D eigenvalue weighted by molar-refractivity contribution is -0.122. The predicted octanol–water partition coefficient (Wildman–Crippen LogP) is 4.19. The lowest BCUT2D eigenvalue weighted by atomic mass is 10.1. The van der Waals surface area contributed by atoms with Crippen molar-refractivity contribution in [3.8, 4) is 0 Å². The van der Waals surface area contributed by atoms with Crippen LogP contribution in [0.15, 0.2) is 53.4 Å². The number of hydrogen-bond donors (Lipinski definition) is 2. The number of unbranched alkanes of at least 4 members (excludes halogenated alkanes) is 2. The molecule has 2 aromatic rings. The second-order valence-electron chi connectivity index (χ2n) is 6.44. The molecule has 0 spiro atoms. The molecule has 28 heavy (non-hydrogen) atoms. The number of amides is 1. The number of sulfonamides is 1. The number of benzene rings is 2. The fourth-order valence-corrected chi connectivity index (χ4v) is 4.64. The van der Waals surface area contributed by atoms with Gasteiger partial charge in [0.25, 0.3) is 0 Å². The van der Waals surface area contributed by atoms with E-state index in [2.05, 4.69) is 17.0 Å². The Balaban J connectivity index is 2.22. The van der Waals surface area contributed by atoms with Crippen LogP contribution in [0.4, 0.5) is 0 Å². The molecule has 2 rings (SSSR count). The summed E-state index contributed by atoms with van der Waals surface area (Å²) in [5.41, 5.74) is 0.844. The third-order valence-corrected chi connectivity index (χ3v) is 6.35. The Hall–Kier alpha value is -1.60. The molecule has 2 aromatic carbocycles. The molecule has 0 radical (unpaired) electrons. The summed E-state index contributed by atoms with van der Waals surface area (Å²) in [7, 11) is -4.04. The van der Waals surface area contributed by atoms with E-state index in [-0.39, 0.29) is 27.3 Å². The standard InChI is InChI=1S/C20H24Cl2N2O3S/c1-2-3-7-12-23-20(25)18(13-15-8-5-4-6-9-15)24-28(26,27)19-14-16(21)10-11-17(19)22/h4-6,8-11,14,18,24H,2-3,7,12-13H2,1H3,(H,23,25)/t18-/m1/s1. The van der Waals surface area contributed by atoms with Gasteiger partial charge in [-0.25, -0.2) is 8.42 Å². The maximum absolute atomic E-state index is 12.9. The maximum Gasteiger partial charge on any atom is 0.242 e. The van der Waals surface area contributed by atoms with Crippen LogP contribution in [-0.4, -0.2) is 26.9 Å². The molecule has 152 valence electrons. The minimum absolute atomic E-state index is 0.0405. The van der Waals surface area contributed by atoms with E-state index >= 15 is 0 Å². The molecule has 2 N–H and O–H groups in total. The van der Waals surface area contributed by atoms with Crippen LogP contribution in [0.25, 0.3) is 0 Å². The molecule has 5 nitrogen and oxygen atoms in total. The monoisotopic (exact) mass is 442 g/mol. The van der Waals surface area contributed by atoms with Gasteiger partial charge in [0.1, 0.15) is 10.9 Å². The quantitative estimate of drug-likeness (QED) is 0.541. The van der Waals surface area contributed by atoms with Crippen LogP contribution in [-0.2, 0) is 21.2 Å². The summed E-state index contributed by atoms with van der Waals surface area (Å²) in [6.45, 7) is 2.57. The number of carbonyl (C=O) groups excluding carboxylic acids is 1. The molecule has 0 aliphatic rings. The lowest BCUT2D eigenvalue weighted by Crippen LogP contribution is -2.48. The van der Waals surface area contributed by atoms with Crippen LogP contribution < -0.4 is 10.0 Å². The molecule has 0 unspecified atom stereocenters. The molecule has 0 aliphatic carbocycles. The number of nitrogens with one attached hydrogen (secondary N) is 2. The van der Waals surface area contributed by atoms with Gasteiger partial charge in [0, 0.05) is 11.6 Å². The van der Waals surface area contributed by atoms with Crippen LogP contribution in [0, 0.1) is 0 Å². The molecular formula is C20H24Cl2N2O3S. The predicted molar refractivity (Wildman–Crippen MR) is 113 cm³/mol. The van der Waals surface area contributed by atoms with Gasteiger partial charge < -0.3 is 5.32 Å². The van der Waals surface area contributed by atoms with Crippen LogP contribution in [0.1, 0.15) is 31.7 Å². The highest BCUT2D eigenvalue weighted by molar-refractivity contribution is 7.89. The zero-order valence-electron chi connectivity index (χ0n) is 15.6. The highest BCUT2D eigenvalue weighted by Crippen LogP contribution is 2.25. The van der Waals surface area contributed by atoms with Gasteiger partial charge in [-0.15, -0.1) is 0 Å². The molecule has 0 aliphatic heterocycles. The highest BCUT2D eigenvalue weighted by Gasteiger charge is 2.27. The van der Waals surface area contributed by atoms with E-state index in [1.165, 1.54) is 18.2 Å². The first kappa shape index (κ1) is 22.7. The normalized spacial score (nSPS) is 12.5. The van der Waals surface area contributed by atoms with Gasteiger partial charge in [0.05, 0.1) is 5.02 Å². The average Bonchev–Trinajstić information content (AvgIpc) is 2.67. The summed E-state index contributed by atoms with van der Waals surface area (Å²) >= 11 is 12.0. The molecular weight excluding hydrogens is 419 g/mol. The Morgan fingerprint density at radius 3 is 2.46 bits per heavy atom. The first-order valence-corrected chi connectivity index (χ1v) is 11.4. The van der Waals surface area contributed by atoms with E-state index in [1.807, 2.05) is 30.3 Å². The largest absolute Gasteiger partial charge is 0.355 e. The Morgan fingerprint density at radius 1 is 1.07 bits per heavy atom. The Morgan fingerprint density at radius 2 is 1.79 bits per heavy atom. The van der Waals surface area contributed by atoms with Crippen LogP contribution in [0.5, 0.6) is 0 Å². The zero-order chi connectivity index (χ0) is 20.6. The SMILES string of the molecule is CCCCCNC(=O)[C@@H](Cc1ccccc1)NS(=O)(=O)c1cc(Cl)ccc1Cl. The van der Waals surface area contributed by atoms with Crippen molar-refractivity contribution in [1.82, 2.24) is 10.0 Å². The lowest BCUT2D eigenvalue weighted by Gasteiger charge is -2.19. The molecule has 1 atom stereocenters. The van der Waals surface area contributed by atoms with Crippen molar-refractivity contribution >= 4 is 39.1 Å². The molecule has 0 aromatic heterocycles. The van der Waals surface area contributed by atoms with E-state index in [1.54, 1.807) is 0 Å². The summed E-state index contributed by atoms with van der Waals surface area (Å²) in [5.74, 6) is -0.373. The van der Waals surface area contributed by atoms with Crippen LogP contribution in [0.2, 0.25) is 10.0 Å². The van der Waals surface area contributed by atoms with Gasteiger partial charge in [-0.3, -0.25) is 4.79 Å². The van der Waals surface area contributed by atoms with E-state index in [4.69, 9.17) is 23.2 Å². The van der Waals surface area contributed by atoms with E-state index < -0.39 is 16.1 Å². The van der Waals surface area contributed by atoms with E-state index in [9.17, 15) is 13.2 Å². The van der Waals surface area contributed by atoms with E-state index in [0.29, 0.717) is 6.54 Å². The maximum atomic E-state index is 12.9. The van der Waals surface area contributed by atoms with Crippen molar-refractivity contribution in [3.05, 3.63) is 64.1 Å². The number of halogens is 2. The molecule has 0 saturated carbocycles. The van der Waals surface area contributed by atoms with E-state index in [0.717, 1.165) is 24.8 Å². The van der Waals surface area contributed by atoms with Gasteiger partial charge in [-0.05, 0) is 36.6 Å². The Labute approximate surface area is 176 Å². The Kier molecular flexibility index (Phi) is 8.76. The van der Waals surface area contributed by atoms with Gasteiger partial charge in [0.2, 0.25) is 15.9 Å². The fraction of sp³-hybridized carbons (Fsp3) is 0.350.